The van der Waals surface area contributed by atoms with Gasteiger partial charge < -0.3 is 10.5 Å². The number of ether oxygens (including phenoxy) is 1. The lowest BCUT2D eigenvalue weighted by atomic mass is 9.96. The zero-order chi connectivity index (χ0) is 11.5. The molecule has 0 aromatic heterocycles. The van der Waals surface area contributed by atoms with Crippen molar-refractivity contribution in [3.63, 3.8) is 0 Å². The van der Waals surface area contributed by atoms with Crippen molar-refractivity contribution in [2.24, 2.45) is 11.7 Å². The average molecular weight is 223 g/mol. The molecule has 1 heterocycles. The van der Waals surface area contributed by atoms with Crippen LogP contribution in [-0.2, 0) is 6.42 Å². The van der Waals surface area contributed by atoms with Crippen molar-refractivity contribution in [3.05, 3.63) is 29.6 Å². The first-order valence-corrected chi connectivity index (χ1v) is 5.88. The summed E-state index contributed by atoms with van der Waals surface area (Å²) in [7, 11) is 0. The number of halogens is 1. The predicted molar refractivity (Wildman–Crippen MR) is 62.0 cm³/mol. The molecule has 0 radical (unpaired) electrons. The lowest BCUT2D eigenvalue weighted by Crippen LogP contribution is -2.23. The second kappa shape index (κ2) is 4.83. The molecule has 0 aliphatic carbocycles. The number of nitrogens with two attached hydrogens (primary N) is 1. The molecule has 0 saturated carbocycles. The third kappa shape index (κ3) is 2.35. The van der Waals surface area contributed by atoms with Crippen LogP contribution in [0.2, 0.25) is 0 Å². The standard InChI is InChI=1S/C13H18FNO/c1-2-9(8-15)5-12-7-10-6-11(14)3-4-13(10)16-12/h3-4,6,9,12H,2,5,7-8,15H2,1H3. The number of benzene rings is 1. The maximum atomic E-state index is 13.0. The molecule has 0 saturated heterocycles. The molecule has 2 nitrogen and oxygen atoms in total. The first-order chi connectivity index (χ1) is 7.72. The maximum absolute atomic E-state index is 13.0. The highest BCUT2D eigenvalue weighted by Gasteiger charge is 2.25. The number of fused-ring (bicyclic) bond motifs is 1. The third-order valence-corrected chi connectivity index (χ3v) is 3.27. The highest BCUT2D eigenvalue weighted by Crippen LogP contribution is 2.31. The van der Waals surface area contributed by atoms with E-state index in [2.05, 4.69) is 6.92 Å². The van der Waals surface area contributed by atoms with Gasteiger partial charge in [-0.1, -0.05) is 13.3 Å². The summed E-state index contributed by atoms with van der Waals surface area (Å²) in [4.78, 5) is 0. The Morgan fingerprint density at radius 2 is 2.38 bits per heavy atom. The predicted octanol–water partition coefficient (Wildman–Crippen LogP) is 2.50. The molecule has 88 valence electrons. The fraction of sp³-hybridized carbons (Fsp3) is 0.538. The average Bonchev–Trinajstić information content (AvgIpc) is 2.67. The van der Waals surface area contributed by atoms with E-state index >= 15 is 0 Å². The summed E-state index contributed by atoms with van der Waals surface area (Å²) >= 11 is 0. The van der Waals surface area contributed by atoms with Gasteiger partial charge >= 0.3 is 0 Å². The summed E-state index contributed by atoms with van der Waals surface area (Å²) in [6.07, 6.45) is 3.01. The van der Waals surface area contributed by atoms with Gasteiger partial charge in [-0.2, -0.15) is 0 Å². The Kier molecular flexibility index (Phi) is 3.44. The van der Waals surface area contributed by atoms with Crippen LogP contribution in [-0.4, -0.2) is 12.6 Å². The van der Waals surface area contributed by atoms with Crippen molar-refractivity contribution >= 4 is 0 Å². The molecule has 3 heteroatoms. The van der Waals surface area contributed by atoms with Crippen LogP contribution in [0, 0.1) is 11.7 Å². The largest absolute Gasteiger partial charge is 0.490 e. The van der Waals surface area contributed by atoms with Gasteiger partial charge in [0, 0.05) is 12.0 Å². The summed E-state index contributed by atoms with van der Waals surface area (Å²) in [5, 5.41) is 0. The minimum Gasteiger partial charge on any atom is -0.490 e. The monoisotopic (exact) mass is 223 g/mol. The summed E-state index contributed by atoms with van der Waals surface area (Å²) in [5.41, 5.74) is 6.66. The molecular formula is C13H18FNO. The van der Waals surface area contributed by atoms with Crippen molar-refractivity contribution in [1.29, 1.82) is 0 Å². The van der Waals surface area contributed by atoms with Gasteiger partial charge in [0.1, 0.15) is 17.7 Å². The molecule has 1 aliphatic heterocycles. The van der Waals surface area contributed by atoms with E-state index in [1.807, 2.05) is 0 Å². The number of hydrogen-bond donors (Lipinski definition) is 1. The van der Waals surface area contributed by atoms with Crippen LogP contribution >= 0.6 is 0 Å². The molecule has 1 aromatic carbocycles. The Hall–Kier alpha value is -1.09. The summed E-state index contributed by atoms with van der Waals surface area (Å²) in [6, 6.07) is 4.73. The van der Waals surface area contributed by atoms with E-state index < -0.39 is 0 Å². The topological polar surface area (TPSA) is 35.2 Å². The fourth-order valence-corrected chi connectivity index (χ4v) is 2.22. The van der Waals surface area contributed by atoms with E-state index in [-0.39, 0.29) is 11.9 Å². The van der Waals surface area contributed by atoms with Gasteiger partial charge in [-0.3, -0.25) is 0 Å². The molecular weight excluding hydrogens is 205 g/mol. The normalized spacial score (nSPS) is 20.3. The second-order valence-electron chi connectivity index (χ2n) is 4.44. The molecule has 0 spiro atoms. The van der Waals surface area contributed by atoms with Gasteiger partial charge in [-0.15, -0.1) is 0 Å². The molecule has 16 heavy (non-hydrogen) atoms. The van der Waals surface area contributed by atoms with Crippen molar-refractivity contribution in [3.8, 4) is 5.75 Å². The minimum atomic E-state index is -0.186. The van der Waals surface area contributed by atoms with Crippen molar-refractivity contribution in [1.82, 2.24) is 0 Å². The molecule has 1 aliphatic rings. The SMILES string of the molecule is CCC(CN)CC1Cc2cc(F)ccc2O1. The van der Waals surface area contributed by atoms with Gasteiger partial charge in [0.25, 0.3) is 0 Å². The fourth-order valence-electron chi connectivity index (χ4n) is 2.22. The second-order valence-corrected chi connectivity index (χ2v) is 4.44. The summed E-state index contributed by atoms with van der Waals surface area (Å²) in [5.74, 6) is 1.15. The molecule has 1 aromatic rings. The van der Waals surface area contributed by atoms with E-state index in [0.717, 1.165) is 30.6 Å². The van der Waals surface area contributed by atoms with Crippen LogP contribution < -0.4 is 10.5 Å². The molecule has 0 amide bonds. The van der Waals surface area contributed by atoms with E-state index in [4.69, 9.17) is 10.5 Å². The van der Waals surface area contributed by atoms with Gasteiger partial charge in [0.2, 0.25) is 0 Å². The van der Waals surface area contributed by atoms with Crippen molar-refractivity contribution in [2.75, 3.05) is 6.54 Å². The lowest BCUT2D eigenvalue weighted by Gasteiger charge is -2.17. The molecule has 2 rings (SSSR count). The van der Waals surface area contributed by atoms with Crippen LogP contribution in [0.15, 0.2) is 18.2 Å². The highest BCUT2D eigenvalue weighted by molar-refractivity contribution is 5.37. The van der Waals surface area contributed by atoms with Crippen LogP contribution in [0.4, 0.5) is 4.39 Å². The quantitative estimate of drug-likeness (QED) is 0.851. The van der Waals surface area contributed by atoms with Crippen molar-refractivity contribution in [2.45, 2.75) is 32.3 Å². The molecule has 0 fully saturated rings. The third-order valence-electron chi connectivity index (χ3n) is 3.27. The minimum absolute atomic E-state index is 0.172. The Labute approximate surface area is 95.6 Å². The molecule has 0 bridgehead atoms. The van der Waals surface area contributed by atoms with E-state index in [1.54, 1.807) is 12.1 Å². The highest BCUT2D eigenvalue weighted by atomic mass is 19.1. The van der Waals surface area contributed by atoms with Crippen LogP contribution in [0.5, 0.6) is 5.75 Å². The lowest BCUT2D eigenvalue weighted by molar-refractivity contribution is 0.193. The Balaban J connectivity index is 2.00. The Morgan fingerprint density at radius 3 is 3.06 bits per heavy atom. The van der Waals surface area contributed by atoms with Crippen molar-refractivity contribution < 1.29 is 9.13 Å². The van der Waals surface area contributed by atoms with Gasteiger partial charge in [-0.25, -0.2) is 4.39 Å². The summed E-state index contributed by atoms with van der Waals surface area (Å²) in [6.45, 7) is 2.83. The van der Waals surface area contributed by atoms with Gasteiger partial charge in [0.15, 0.2) is 0 Å². The van der Waals surface area contributed by atoms with Gasteiger partial charge in [-0.05, 0) is 37.1 Å². The van der Waals surface area contributed by atoms with E-state index in [1.165, 1.54) is 6.07 Å². The van der Waals surface area contributed by atoms with E-state index in [0.29, 0.717) is 12.5 Å². The number of hydrogen-bond acceptors (Lipinski definition) is 2. The maximum Gasteiger partial charge on any atom is 0.123 e. The first-order valence-electron chi connectivity index (χ1n) is 5.88. The van der Waals surface area contributed by atoms with Crippen LogP contribution in [0.3, 0.4) is 0 Å². The van der Waals surface area contributed by atoms with E-state index in [9.17, 15) is 4.39 Å². The Bertz CT molecular complexity index is 363. The smallest absolute Gasteiger partial charge is 0.123 e. The zero-order valence-electron chi connectivity index (χ0n) is 9.58. The molecule has 2 N–H and O–H groups in total. The zero-order valence-corrected chi connectivity index (χ0v) is 9.58. The Morgan fingerprint density at radius 1 is 1.56 bits per heavy atom. The van der Waals surface area contributed by atoms with Gasteiger partial charge in [0.05, 0.1) is 0 Å². The first kappa shape index (κ1) is 11.4. The molecule has 2 atom stereocenters. The van der Waals surface area contributed by atoms with Crippen LogP contribution in [0.25, 0.3) is 0 Å². The summed E-state index contributed by atoms with van der Waals surface area (Å²) < 4.78 is 18.8. The number of rotatable bonds is 4. The molecule has 2 unspecified atom stereocenters. The van der Waals surface area contributed by atoms with Crippen LogP contribution in [0.1, 0.15) is 25.3 Å².